The van der Waals surface area contributed by atoms with Gasteiger partial charge in [-0.05, 0) is 62.4 Å². The van der Waals surface area contributed by atoms with Crippen LogP contribution in [0.3, 0.4) is 0 Å². The lowest BCUT2D eigenvalue weighted by molar-refractivity contribution is 0.203. The summed E-state index contributed by atoms with van der Waals surface area (Å²) in [6.45, 7) is 2.62. The van der Waals surface area contributed by atoms with Crippen molar-refractivity contribution in [1.29, 1.82) is 0 Å². The molecule has 1 atom stereocenters. The second-order valence-electron chi connectivity index (χ2n) is 6.08. The molecule has 2 N–H and O–H groups in total. The molecule has 21 heavy (non-hydrogen) atoms. The maximum atomic E-state index is 12.9. The maximum absolute atomic E-state index is 12.9. The Labute approximate surface area is 124 Å². The van der Waals surface area contributed by atoms with Gasteiger partial charge in [-0.15, -0.1) is 0 Å². The average molecular weight is 291 g/mol. The van der Waals surface area contributed by atoms with Crippen molar-refractivity contribution in [3.05, 3.63) is 30.1 Å². The second kappa shape index (κ2) is 6.43. The van der Waals surface area contributed by atoms with Crippen LogP contribution in [0, 0.1) is 11.7 Å². The molecule has 1 aliphatic heterocycles. The summed E-state index contributed by atoms with van der Waals surface area (Å²) in [5, 5.41) is 6.30. The van der Waals surface area contributed by atoms with Crippen LogP contribution in [-0.2, 0) is 0 Å². The Kier molecular flexibility index (Phi) is 4.39. The number of anilines is 1. The fourth-order valence-corrected chi connectivity index (χ4v) is 2.77. The van der Waals surface area contributed by atoms with Gasteiger partial charge in [-0.1, -0.05) is 0 Å². The molecule has 1 saturated carbocycles. The van der Waals surface area contributed by atoms with Crippen LogP contribution >= 0.6 is 0 Å². The molecule has 1 saturated heterocycles. The zero-order valence-electron chi connectivity index (χ0n) is 12.1. The van der Waals surface area contributed by atoms with E-state index in [1.807, 2.05) is 4.90 Å². The molecular formula is C16H22FN3O. The number of hydrogen-bond donors (Lipinski definition) is 2. The molecule has 5 heteroatoms. The molecule has 1 aromatic carbocycles. The van der Waals surface area contributed by atoms with Crippen molar-refractivity contribution in [2.24, 2.45) is 5.92 Å². The SMILES string of the molecule is O=C(Nc1ccc(F)cc1)N(CC1CC1)CC1CCCN1. The van der Waals surface area contributed by atoms with Gasteiger partial charge in [-0.2, -0.15) is 0 Å². The maximum Gasteiger partial charge on any atom is 0.321 e. The van der Waals surface area contributed by atoms with Gasteiger partial charge in [0.05, 0.1) is 0 Å². The predicted octanol–water partition coefficient (Wildman–Crippen LogP) is 2.82. The van der Waals surface area contributed by atoms with E-state index in [9.17, 15) is 9.18 Å². The molecule has 2 fully saturated rings. The average Bonchev–Trinajstić information content (AvgIpc) is 3.14. The second-order valence-corrected chi connectivity index (χ2v) is 6.08. The van der Waals surface area contributed by atoms with Crippen molar-refractivity contribution in [1.82, 2.24) is 10.2 Å². The highest BCUT2D eigenvalue weighted by atomic mass is 19.1. The third-order valence-electron chi connectivity index (χ3n) is 4.16. The van der Waals surface area contributed by atoms with Crippen LogP contribution in [0.1, 0.15) is 25.7 Å². The first-order valence-corrected chi connectivity index (χ1v) is 7.75. The summed E-state index contributed by atoms with van der Waals surface area (Å²) < 4.78 is 12.9. The van der Waals surface area contributed by atoms with E-state index in [4.69, 9.17) is 0 Å². The lowest BCUT2D eigenvalue weighted by atomic mass is 10.2. The predicted molar refractivity (Wildman–Crippen MR) is 80.7 cm³/mol. The summed E-state index contributed by atoms with van der Waals surface area (Å²) in [6, 6.07) is 6.23. The number of halogens is 1. The molecule has 2 aliphatic rings. The van der Waals surface area contributed by atoms with E-state index in [0.717, 1.165) is 26.1 Å². The van der Waals surface area contributed by atoms with Crippen molar-refractivity contribution >= 4 is 11.7 Å². The molecule has 2 amide bonds. The third-order valence-corrected chi connectivity index (χ3v) is 4.16. The largest absolute Gasteiger partial charge is 0.323 e. The summed E-state index contributed by atoms with van der Waals surface area (Å²) in [5.41, 5.74) is 0.640. The Bertz CT molecular complexity index is 481. The van der Waals surface area contributed by atoms with Crippen molar-refractivity contribution < 1.29 is 9.18 Å². The molecule has 0 radical (unpaired) electrons. The molecule has 1 unspecified atom stereocenters. The van der Waals surface area contributed by atoms with Gasteiger partial charge >= 0.3 is 6.03 Å². The van der Waals surface area contributed by atoms with Crippen molar-refractivity contribution in [3.8, 4) is 0 Å². The molecule has 1 aliphatic carbocycles. The third kappa shape index (κ3) is 4.17. The summed E-state index contributed by atoms with van der Waals surface area (Å²) in [6.07, 6.45) is 4.75. The highest BCUT2D eigenvalue weighted by Crippen LogP contribution is 2.30. The van der Waals surface area contributed by atoms with Crippen LogP contribution in [0.4, 0.5) is 14.9 Å². The van der Waals surface area contributed by atoms with E-state index in [-0.39, 0.29) is 11.8 Å². The van der Waals surface area contributed by atoms with Gasteiger partial charge in [0, 0.05) is 24.8 Å². The van der Waals surface area contributed by atoms with Gasteiger partial charge in [-0.25, -0.2) is 9.18 Å². The van der Waals surface area contributed by atoms with E-state index in [1.165, 1.54) is 31.4 Å². The van der Waals surface area contributed by atoms with Gasteiger partial charge < -0.3 is 15.5 Å². The minimum absolute atomic E-state index is 0.0813. The van der Waals surface area contributed by atoms with Gasteiger partial charge in [0.2, 0.25) is 0 Å². The summed E-state index contributed by atoms with van der Waals surface area (Å²) in [4.78, 5) is 14.3. The normalized spacial score (nSPS) is 21.3. The molecular weight excluding hydrogens is 269 g/mol. The molecule has 0 spiro atoms. The molecule has 3 rings (SSSR count). The van der Waals surface area contributed by atoms with Gasteiger partial charge in [0.15, 0.2) is 0 Å². The van der Waals surface area contributed by atoms with E-state index >= 15 is 0 Å². The molecule has 114 valence electrons. The van der Waals surface area contributed by atoms with E-state index in [0.29, 0.717) is 17.6 Å². The highest BCUT2D eigenvalue weighted by Gasteiger charge is 2.29. The standard InChI is InChI=1S/C16H22FN3O/c17-13-5-7-14(8-6-13)19-16(21)20(10-12-3-4-12)11-15-2-1-9-18-15/h5-8,12,15,18H,1-4,9-11H2,(H,19,21). The zero-order valence-corrected chi connectivity index (χ0v) is 12.1. The van der Waals surface area contributed by atoms with Crippen LogP contribution in [0.15, 0.2) is 24.3 Å². The monoisotopic (exact) mass is 291 g/mol. The number of carbonyl (C=O) groups excluding carboxylic acids is 1. The first-order valence-electron chi connectivity index (χ1n) is 7.75. The number of urea groups is 1. The topological polar surface area (TPSA) is 44.4 Å². The Hall–Kier alpha value is -1.62. The van der Waals surface area contributed by atoms with Crippen LogP contribution in [-0.4, -0.2) is 36.6 Å². The van der Waals surface area contributed by atoms with Crippen molar-refractivity contribution in [2.75, 3.05) is 25.0 Å². The summed E-state index contributed by atoms with van der Waals surface area (Å²) in [7, 11) is 0. The fraction of sp³-hybridized carbons (Fsp3) is 0.562. The van der Waals surface area contributed by atoms with Crippen LogP contribution in [0.2, 0.25) is 0 Å². The molecule has 4 nitrogen and oxygen atoms in total. The van der Waals surface area contributed by atoms with E-state index in [1.54, 1.807) is 12.1 Å². The first kappa shape index (κ1) is 14.3. The molecule has 0 bridgehead atoms. The zero-order chi connectivity index (χ0) is 14.7. The lowest BCUT2D eigenvalue weighted by Crippen LogP contribution is -2.44. The smallest absolute Gasteiger partial charge is 0.321 e. The van der Waals surface area contributed by atoms with Gasteiger partial charge in [-0.3, -0.25) is 0 Å². The van der Waals surface area contributed by atoms with Crippen LogP contribution in [0.5, 0.6) is 0 Å². The molecule has 0 aromatic heterocycles. The Morgan fingerprint density at radius 2 is 2.00 bits per heavy atom. The number of benzene rings is 1. The highest BCUT2D eigenvalue weighted by molar-refractivity contribution is 5.89. The number of rotatable bonds is 5. The Balaban J connectivity index is 1.60. The number of hydrogen-bond acceptors (Lipinski definition) is 2. The Morgan fingerprint density at radius 3 is 2.62 bits per heavy atom. The first-order chi connectivity index (χ1) is 10.2. The van der Waals surface area contributed by atoms with Gasteiger partial charge in [0.25, 0.3) is 0 Å². The summed E-state index contributed by atoms with van der Waals surface area (Å²) in [5.74, 6) is 0.364. The lowest BCUT2D eigenvalue weighted by Gasteiger charge is -2.26. The molecule has 1 aromatic rings. The van der Waals surface area contributed by atoms with Crippen molar-refractivity contribution in [3.63, 3.8) is 0 Å². The fourth-order valence-electron chi connectivity index (χ4n) is 2.77. The van der Waals surface area contributed by atoms with Crippen LogP contribution < -0.4 is 10.6 Å². The van der Waals surface area contributed by atoms with E-state index in [2.05, 4.69) is 10.6 Å². The Morgan fingerprint density at radius 1 is 1.24 bits per heavy atom. The number of nitrogens with zero attached hydrogens (tertiary/aromatic N) is 1. The molecule has 1 heterocycles. The van der Waals surface area contributed by atoms with Crippen molar-refractivity contribution in [2.45, 2.75) is 31.7 Å². The number of amides is 2. The minimum Gasteiger partial charge on any atom is -0.323 e. The minimum atomic E-state index is -0.294. The number of carbonyl (C=O) groups is 1. The quantitative estimate of drug-likeness (QED) is 0.876. The van der Waals surface area contributed by atoms with Gasteiger partial charge in [0.1, 0.15) is 5.82 Å². The summed E-state index contributed by atoms with van der Waals surface area (Å²) >= 11 is 0. The number of nitrogens with one attached hydrogen (secondary N) is 2. The van der Waals surface area contributed by atoms with Crippen LogP contribution in [0.25, 0.3) is 0 Å². The van der Waals surface area contributed by atoms with E-state index < -0.39 is 0 Å².